The van der Waals surface area contributed by atoms with Gasteiger partial charge in [0.25, 0.3) is 11.1 Å². The molecule has 0 amide bonds. The lowest BCUT2D eigenvalue weighted by Gasteiger charge is -2.67. The van der Waals surface area contributed by atoms with Crippen LogP contribution in [0.25, 0.3) is 0 Å². The summed E-state index contributed by atoms with van der Waals surface area (Å²) >= 11 is -3.25. The van der Waals surface area contributed by atoms with Gasteiger partial charge in [0.15, 0.2) is 0 Å². The monoisotopic (exact) mass is 544 g/mol. The van der Waals surface area contributed by atoms with Crippen molar-refractivity contribution in [3.05, 3.63) is 11.6 Å². The van der Waals surface area contributed by atoms with Crippen molar-refractivity contribution >= 4 is 11.1 Å². The normalized spacial score (nSPS) is 44.8. The highest BCUT2D eigenvalue weighted by Gasteiger charge is 2.67. The molecule has 10 atom stereocenters. The molecule has 4 aliphatic rings. The summed E-state index contributed by atoms with van der Waals surface area (Å²) in [6.45, 7) is 18.6. The molecule has 4 saturated carbocycles. The maximum Gasteiger partial charge on any atom is 0.497 e. The first-order chi connectivity index (χ1) is 17.0. The van der Waals surface area contributed by atoms with Crippen LogP contribution in [0, 0.1) is 51.2 Å². The van der Waals surface area contributed by atoms with E-state index >= 15 is 0 Å². The molecule has 4 rings (SSSR count). The van der Waals surface area contributed by atoms with E-state index in [0.29, 0.717) is 35.0 Å². The first-order valence-electron chi connectivity index (χ1n) is 14.8. The summed E-state index contributed by atoms with van der Waals surface area (Å²) in [7, 11) is 0. The van der Waals surface area contributed by atoms with Gasteiger partial charge >= 0.3 is 5.51 Å². The van der Waals surface area contributed by atoms with Crippen LogP contribution in [0.15, 0.2) is 11.6 Å². The molecule has 6 heteroatoms. The van der Waals surface area contributed by atoms with E-state index in [9.17, 15) is 17.4 Å². The second kappa shape index (κ2) is 9.93. The zero-order valence-electron chi connectivity index (χ0n) is 24.5. The average Bonchev–Trinajstić information content (AvgIpc) is 3.06. The minimum absolute atomic E-state index is 0.101. The predicted octanol–water partition coefficient (Wildman–Crippen LogP) is 9.62. The summed E-state index contributed by atoms with van der Waals surface area (Å²) in [5.41, 5.74) is -3.05. The standard InChI is InChI=1S/C31H51F3O2S/c1-20(2)10-9-11-21(3)22-14-18-30(8)24-12-13-25-27(4,5)26(36-37(35)31(32,33)34)16-17-28(25,6)23(24)15-19-29(22,30)7/h10,21-26H,9,11-19H2,1-8H3/t21-,22-,23?,24?,25+,26+,28-,29-,30+,37?/m1/s1. The molecule has 4 aliphatic carbocycles. The lowest BCUT2D eigenvalue weighted by atomic mass is 9.38. The fraction of sp³-hybridized carbons (Fsp3) is 0.935. The highest BCUT2D eigenvalue weighted by molar-refractivity contribution is 7.81. The summed E-state index contributed by atoms with van der Waals surface area (Å²) in [5, 5.41) is 0. The van der Waals surface area contributed by atoms with Gasteiger partial charge in [0.2, 0.25) is 0 Å². The number of hydrogen-bond acceptors (Lipinski definition) is 2. The molecule has 0 aromatic carbocycles. The van der Waals surface area contributed by atoms with Crippen molar-refractivity contribution in [3.63, 3.8) is 0 Å². The van der Waals surface area contributed by atoms with Gasteiger partial charge in [0, 0.05) is 0 Å². The molecule has 4 fully saturated rings. The number of allylic oxidation sites excluding steroid dienone is 2. The average molecular weight is 545 g/mol. The lowest BCUT2D eigenvalue weighted by molar-refractivity contribution is -0.197. The number of hydrogen-bond donors (Lipinski definition) is 0. The third kappa shape index (κ3) is 4.80. The Morgan fingerprint density at radius 3 is 2.22 bits per heavy atom. The molecule has 0 saturated heterocycles. The number of halogens is 3. The van der Waals surface area contributed by atoms with Crippen LogP contribution in [0.2, 0.25) is 0 Å². The van der Waals surface area contributed by atoms with E-state index in [1.165, 1.54) is 44.1 Å². The summed E-state index contributed by atoms with van der Waals surface area (Å²) in [4.78, 5) is 0. The number of rotatable bonds is 6. The fourth-order valence-corrected chi connectivity index (χ4v) is 11.3. The van der Waals surface area contributed by atoms with Crippen LogP contribution in [0.4, 0.5) is 13.2 Å². The van der Waals surface area contributed by atoms with Crippen molar-refractivity contribution < 1.29 is 21.6 Å². The number of alkyl halides is 3. The Bertz CT molecular complexity index is 909. The Kier molecular flexibility index (Phi) is 7.95. The minimum Gasteiger partial charge on any atom is -0.280 e. The van der Waals surface area contributed by atoms with E-state index in [1.807, 2.05) is 0 Å². The molecule has 0 bridgehead atoms. The summed E-state index contributed by atoms with van der Waals surface area (Å²) in [6.07, 6.45) is 13.0. The minimum atomic E-state index is -4.82. The molecule has 0 radical (unpaired) electrons. The molecular weight excluding hydrogens is 493 g/mol. The second-order valence-electron chi connectivity index (χ2n) is 14.8. The third-order valence-corrected chi connectivity index (χ3v) is 13.5. The highest BCUT2D eigenvalue weighted by Crippen LogP contribution is 2.74. The van der Waals surface area contributed by atoms with Gasteiger partial charge in [-0.25, -0.2) is 4.21 Å². The molecule has 0 N–H and O–H groups in total. The molecule has 0 spiro atoms. The molecule has 0 aliphatic heterocycles. The maximum absolute atomic E-state index is 13.1. The summed E-state index contributed by atoms with van der Waals surface area (Å²) in [5.74, 6) is 3.08. The van der Waals surface area contributed by atoms with Crippen LogP contribution in [0.3, 0.4) is 0 Å². The quantitative estimate of drug-likeness (QED) is 0.311. The largest absolute Gasteiger partial charge is 0.497 e. The molecule has 0 aromatic rings. The van der Waals surface area contributed by atoms with Gasteiger partial charge in [0.05, 0.1) is 6.10 Å². The van der Waals surface area contributed by atoms with Crippen LogP contribution in [-0.4, -0.2) is 15.8 Å². The van der Waals surface area contributed by atoms with E-state index in [4.69, 9.17) is 4.18 Å². The van der Waals surface area contributed by atoms with Crippen LogP contribution in [-0.2, 0) is 15.3 Å². The van der Waals surface area contributed by atoms with Crippen LogP contribution in [0.1, 0.15) is 120 Å². The summed E-state index contributed by atoms with van der Waals surface area (Å²) in [6, 6.07) is 0. The Morgan fingerprint density at radius 2 is 1.59 bits per heavy atom. The molecule has 0 aromatic heterocycles. The van der Waals surface area contributed by atoms with Gasteiger partial charge in [-0.1, -0.05) is 53.2 Å². The van der Waals surface area contributed by atoms with Crippen molar-refractivity contribution in [3.8, 4) is 0 Å². The molecule has 37 heavy (non-hydrogen) atoms. The second-order valence-corrected chi connectivity index (χ2v) is 16.0. The van der Waals surface area contributed by atoms with E-state index in [1.54, 1.807) is 0 Å². The van der Waals surface area contributed by atoms with Crippen LogP contribution < -0.4 is 0 Å². The smallest absolute Gasteiger partial charge is 0.280 e. The predicted molar refractivity (Wildman–Crippen MR) is 146 cm³/mol. The third-order valence-electron chi connectivity index (χ3n) is 12.7. The maximum atomic E-state index is 13.1. The molecular formula is C31H51F3O2S. The van der Waals surface area contributed by atoms with Crippen molar-refractivity contribution in [1.82, 2.24) is 0 Å². The fourth-order valence-electron chi connectivity index (χ4n) is 10.6. The van der Waals surface area contributed by atoms with Gasteiger partial charge < -0.3 is 0 Å². The Labute approximate surface area is 226 Å². The van der Waals surface area contributed by atoms with Gasteiger partial charge in [-0.3, -0.25) is 4.18 Å². The van der Waals surface area contributed by atoms with Crippen molar-refractivity contribution in [2.75, 3.05) is 0 Å². The first-order valence-corrected chi connectivity index (χ1v) is 15.8. The zero-order valence-corrected chi connectivity index (χ0v) is 25.3. The molecule has 3 unspecified atom stereocenters. The van der Waals surface area contributed by atoms with E-state index in [0.717, 1.165) is 31.1 Å². The number of fused-ring (bicyclic) bond motifs is 5. The van der Waals surface area contributed by atoms with Gasteiger partial charge in [-0.15, -0.1) is 0 Å². The van der Waals surface area contributed by atoms with E-state index in [2.05, 4.69) is 61.5 Å². The molecule has 2 nitrogen and oxygen atoms in total. The lowest BCUT2D eigenvalue weighted by Crippen LogP contribution is -2.62. The Balaban J connectivity index is 1.54. The van der Waals surface area contributed by atoms with Crippen molar-refractivity contribution in [2.45, 2.75) is 131 Å². The zero-order chi connectivity index (χ0) is 27.6. The van der Waals surface area contributed by atoms with Gasteiger partial charge in [-0.05, 0) is 129 Å². The first kappa shape index (κ1) is 29.6. The molecule has 0 heterocycles. The van der Waals surface area contributed by atoms with Gasteiger partial charge in [-0.2, -0.15) is 13.2 Å². The van der Waals surface area contributed by atoms with Gasteiger partial charge in [0.1, 0.15) is 0 Å². The topological polar surface area (TPSA) is 26.3 Å². The van der Waals surface area contributed by atoms with Crippen molar-refractivity contribution in [1.29, 1.82) is 0 Å². The van der Waals surface area contributed by atoms with Crippen molar-refractivity contribution in [2.24, 2.45) is 51.2 Å². The SMILES string of the molecule is CC(C)=CCC[C@@H](C)[C@H]1CC[C@@]2(C)C3CC[C@H]4C(C)(C)[C@@H](OS(=O)C(F)(F)F)CC[C@]4(C)C3CC[C@]12C. The highest BCUT2D eigenvalue weighted by atomic mass is 32.2. The Hall–Kier alpha value is -0.360. The van der Waals surface area contributed by atoms with Crippen LogP contribution in [0.5, 0.6) is 0 Å². The van der Waals surface area contributed by atoms with E-state index < -0.39 is 28.1 Å². The summed E-state index contributed by atoms with van der Waals surface area (Å²) < 4.78 is 56.2. The Morgan fingerprint density at radius 1 is 0.946 bits per heavy atom. The molecule has 214 valence electrons. The van der Waals surface area contributed by atoms with E-state index in [-0.39, 0.29) is 5.41 Å². The van der Waals surface area contributed by atoms with Crippen LogP contribution >= 0.6 is 0 Å².